The number of rotatable bonds is 4. The summed E-state index contributed by atoms with van der Waals surface area (Å²) in [6, 6.07) is 0. The molecule has 4 atom stereocenters. The van der Waals surface area contributed by atoms with Gasteiger partial charge in [0.2, 0.25) is 0 Å². The summed E-state index contributed by atoms with van der Waals surface area (Å²) in [5.74, 6) is -10.1. The average molecular weight is 260 g/mol. The van der Waals surface area contributed by atoms with E-state index in [9.17, 15) is 19.2 Å². The van der Waals surface area contributed by atoms with Crippen LogP contribution in [0.4, 0.5) is 0 Å². The van der Waals surface area contributed by atoms with E-state index in [-0.39, 0.29) is 0 Å². The van der Waals surface area contributed by atoms with Crippen LogP contribution in [0.1, 0.15) is 13.8 Å². The molecule has 0 spiro atoms. The monoisotopic (exact) mass is 260 g/mol. The third-order valence-electron chi connectivity index (χ3n) is 4.08. The molecule has 1 fully saturated rings. The predicted octanol–water partition coefficient (Wildman–Crippen LogP) is -0.417. The minimum atomic E-state index is -2.17. The van der Waals surface area contributed by atoms with Crippen LogP contribution in [-0.4, -0.2) is 44.3 Å². The SMILES string of the molecule is CC1(C(=O)O)[C@@H](C(=O)O)[C@H](C(=O)O)C1(C)C(=O)O. The lowest BCUT2D eigenvalue weighted by Crippen LogP contribution is -2.73. The van der Waals surface area contributed by atoms with Crippen LogP contribution in [0.15, 0.2) is 0 Å². The molecule has 0 radical (unpaired) electrons. The minimum absolute atomic E-state index is 0.946. The summed E-state index contributed by atoms with van der Waals surface area (Å²) in [6.07, 6.45) is 0. The van der Waals surface area contributed by atoms with E-state index < -0.39 is 46.5 Å². The van der Waals surface area contributed by atoms with Crippen LogP contribution in [0.3, 0.4) is 0 Å². The molecule has 0 aromatic rings. The van der Waals surface area contributed by atoms with E-state index in [4.69, 9.17) is 20.4 Å². The molecule has 0 aliphatic heterocycles. The molecule has 0 aromatic heterocycles. The predicted molar refractivity (Wildman–Crippen MR) is 53.7 cm³/mol. The van der Waals surface area contributed by atoms with Gasteiger partial charge in [0.05, 0.1) is 22.7 Å². The maximum absolute atomic E-state index is 11.2. The van der Waals surface area contributed by atoms with Crippen molar-refractivity contribution in [3.05, 3.63) is 0 Å². The molecule has 0 heterocycles. The van der Waals surface area contributed by atoms with Gasteiger partial charge in [0.25, 0.3) is 0 Å². The highest BCUT2D eigenvalue weighted by Crippen LogP contribution is 2.65. The van der Waals surface area contributed by atoms with Crippen LogP contribution in [0, 0.1) is 22.7 Å². The number of aliphatic carboxylic acids is 4. The molecule has 0 amide bonds. The van der Waals surface area contributed by atoms with Crippen molar-refractivity contribution in [1.82, 2.24) is 0 Å². The summed E-state index contributed by atoms with van der Waals surface area (Å²) < 4.78 is 0. The molecule has 8 nitrogen and oxygen atoms in total. The lowest BCUT2D eigenvalue weighted by Gasteiger charge is -2.58. The van der Waals surface area contributed by atoms with E-state index in [0.29, 0.717) is 0 Å². The molecule has 0 aromatic carbocycles. The maximum Gasteiger partial charge on any atom is 0.311 e. The quantitative estimate of drug-likeness (QED) is 0.532. The Morgan fingerprint density at radius 2 is 0.944 bits per heavy atom. The van der Waals surface area contributed by atoms with Crippen molar-refractivity contribution in [3.8, 4) is 0 Å². The molecule has 1 aliphatic rings. The molecular weight excluding hydrogens is 248 g/mol. The Balaban J connectivity index is 3.48. The third-order valence-corrected chi connectivity index (χ3v) is 4.08. The van der Waals surface area contributed by atoms with E-state index in [1.165, 1.54) is 0 Å². The maximum atomic E-state index is 11.2. The summed E-state index contributed by atoms with van der Waals surface area (Å²) in [5.41, 5.74) is -4.35. The summed E-state index contributed by atoms with van der Waals surface area (Å²) in [7, 11) is 0. The van der Waals surface area contributed by atoms with Gasteiger partial charge in [0, 0.05) is 0 Å². The summed E-state index contributed by atoms with van der Waals surface area (Å²) in [4.78, 5) is 44.4. The topological polar surface area (TPSA) is 149 Å². The molecule has 1 saturated carbocycles. The van der Waals surface area contributed by atoms with Gasteiger partial charge in [-0.2, -0.15) is 0 Å². The Morgan fingerprint density at radius 3 is 1.06 bits per heavy atom. The Hall–Kier alpha value is -2.12. The number of carbonyl (C=O) groups is 4. The van der Waals surface area contributed by atoms with Gasteiger partial charge in [-0.15, -0.1) is 0 Å². The zero-order valence-electron chi connectivity index (χ0n) is 9.58. The first-order valence-corrected chi connectivity index (χ1v) is 4.95. The molecule has 0 saturated heterocycles. The molecule has 1 rings (SSSR count). The van der Waals surface area contributed by atoms with Crippen molar-refractivity contribution >= 4 is 23.9 Å². The van der Waals surface area contributed by atoms with E-state index in [2.05, 4.69) is 0 Å². The highest BCUT2D eigenvalue weighted by atomic mass is 16.4. The van der Waals surface area contributed by atoms with Crippen LogP contribution in [0.5, 0.6) is 0 Å². The van der Waals surface area contributed by atoms with Crippen LogP contribution < -0.4 is 0 Å². The zero-order valence-corrected chi connectivity index (χ0v) is 9.58. The Labute approximate surface area is 101 Å². The largest absolute Gasteiger partial charge is 0.481 e. The van der Waals surface area contributed by atoms with Gasteiger partial charge in [-0.3, -0.25) is 19.2 Å². The lowest BCUT2D eigenvalue weighted by atomic mass is 9.39. The van der Waals surface area contributed by atoms with Crippen LogP contribution in [-0.2, 0) is 19.2 Å². The molecule has 4 N–H and O–H groups in total. The van der Waals surface area contributed by atoms with E-state index in [1.54, 1.807) is 0 Å². The van der Waals surface area contributed by atoms with Crippen LogP contribution >= 0.6 is 0 Å². The number of carboxylic acid groups (broad SMARTS) is 4. The average Bonchev–Trinajstić information content (AvgIpc) is 2.21. The first-order valence-electron chi connectivity index (χ1n) is 4.95. The Bertz CT molecular complexity index is 413. The van der Waals surface area contributed by atoms with Gasteiger partial charge in [-0.1, -0.05) is 0 Å². The summed E-state index contributed by atoms with van der Waals surface area (Å²) >= 11 is 0. The van der Waals surface area contributed by atoms with Crippen LogP contribution in [0.25, 0.3) is 0 Å². The van der Waals surface area contributed by atoms with E-state index in [1.807, 2.05) is 0 Å². The standard InChI is InChI=1S/C10H12O8/c1-9(7(15)16)3(5(11)12)4(6(13)14)10(9,2)8(17)18/h3-4H,1-2H3,(H,11,12)(H,13,14)(H,15,16)(H,17,18)/t3-,4-,9?,10?/m1/s1. The lowest BCUT2D eigenvalue weighted by molar-refractivity contribution is -0.232. The molecular formula is C10H12O8. The van der Waals surface area contributed by atoms with Crippen molar-refractivity contribution in [2.45, 2.75) is 13.8 Å². The van der Waals surface area contributed by atoms with Crippen molar-refractivity contribution in [2.24, 2.45) is 22.7 Å². The zero-order chi connectivity index (χ0) is 14.5. The fourth-order valence-electron chi connectivity index (χ4n) is 2.71. The van der Waals surface area contributed by atoms with Gasteiger partial charge in [0.1, 0.15) is 0 Å². The molecule has 8 heteroatoms. The van der Waals surface area contributed by atoms with Gasteiger partial charge in [-0.25, -0.2) is 0 Å². The van der Waals surface area contributed by atoms with E-state index in [0.717, 1.165) is 13.8 Å². The summed E-state index contributed by atoms with van der Waals surface area (Å²) in [5, 5.41) is 36.0. The number of carboxylic acids is 4. The number of hydrogen-bond donors (Lipinski definition) is 4. The molecule has 100 valence electrons. The van der Waals surface area contributed by atoms with Crippen molar-refractivity contribution in [1.29, 1.82) is 0 Å². The third kappa shape index (κ3) is 1.25. The van der Waals surface area contributed by atoms with Crippen molar-refractivity contribution < 1.29 is 39.6 Å². The van der Waals surface area contributed by atoms with Gasteiger partial charge in [-0.05, 0) is 13.8 Å². The van der Waals surface area contributed by atoms with Gasteiger partial charge in [0.15, 0.2) is 0 Å². The highest BCUT2D eigenvalue weighted by Gasteiger charge is 2.79. The first-order chi connectivity index (χ1) is 8.02. The molecule has 0 bridgehead atoms. The van der Waals surface area contributed by atoms with Crippen molar-refractivity contribution in [3.63, 3.8) is 0 Å². The fourth-order valence-corrected chi connectivity index (χ4v) is 2.71. The first kappa shape index (κ1) is 13.9. The normalized spacial score (nSPS) is 38.6. The second-order valence-electron chi connectivity index (χ2n) is 4.65. The second-order valence-corrected chi connectivity index (χ2v) is 4.65. The Morgan fingerprint density at radius 1 is 0.722 bits per heavy atom. The van der Waals surface area contributed by atoms with Gasteiger partial charge < -0.3 is 20.4 Å². The highest BCUT2D eigenvalue weighted by molar-refractivity contribution is 6.00. The van der Waals surface area contributed by atoms with Gasteiger partial charge >= 0.3 is 23.9 Å². The minimum Gasteiger partial charge on any atom is -0.481 e. The number of hydrogen-bond acceptors (Lipinski definition) is 4. The summed E-state index contributed by atoms with van der Waals surface area (Å²) in [6.45, 7) is 1.89. The second kappa shape index (κ2) is 3.69. The Kier molecular flexibility index (Phi) is 2.86. The molecule has 1 aliphatic carbocycles. The fraction of sp³-hybridized carbons (Fsp3) is 0.600. The molecule has 2 unspecified atom stereocenters. The van der Waals surface area contributed by atoms with Crippen LogP contribution in [0.2, 0.25) is 0 Å². The van der Waals surface area contributed by atoms with Crippen molar-refractivity contribution in [2.75, 3.05) is 0 Å². The smallest absolute Gasteiger partial charge is 0.311 e. The van der Waals surface area contributed by atoms with E-state index >= 15 is 0 Å². The molecule has 18 heavy (non-hydrogen) atoms.